The molecule has 0 saturated heterocycles. The maximum Gasteiger partial charge on any atom is 0.155 e. The fraction of sp³-hybridized carbons (Fsp3) is 0.308. The van der Waals surface area contributed by atoms with E-state index in [4.69, 9.17) is 0 Å². The number of hydrogen-bond donors (Lipinski definition) is 3. The molecule has 1 aliphatic rings. The minimum atomic E-state index is -1.48. The summed E-state index contributed by atoms with van der Waals surface area (Å²) in [6.07, 6.45) is -0.504. The third-order valence-corrected chi connectivity index (χ3v) is 7.57. The molecule has 0 radical (unpaired) electrons. The van der Waals surface area contributed by atoms with Gasteiger partial charge in [0.2, 0.25) is 0 Å². The lowest BCUT2D eigenvalue weighted by Gasteiger charge is -2.35. The van der Waals surface area contributed by atoms with Crippen LogP contribution in [0.15, 0.2) is 70.5 Å². The van der Waals surface area contributed by atoms with E-state index in [0.29, 0.717) is 10.5 Å². The van der Waals surface area contributed by atoms with Crippen molar-refractivity contribution in [1.82, 2.24) is 5.32 Å². The Labute approximate surface area is 192 Å². The monoisotopic (exact) mass is 450 g/mol. The van der Waals surface area contributed by atoms with E-state index in [1.165, 1.54) is 11.1 Å². The van der Waals surface area contributed by atoms with Crippen LogP contribution in [0.4, 0.5) is 11.4 Å². The van der Waals surface area contributed by atoms with Gasteiger partial charge in [0.05, 0.1) is 32.0 Å². The minimum Gasteiger partial charge on any atom is -0.368 e. The van der Waals surface area contributed by atoms with Crippen molar-refractivity contribution in [3.63, 3.8) is 0 Å². The lowest BCUT2D eigenvalue weighted by Crippen LogP contribution is -2.29. The van der Waals surface area contributed by atoms with E-state index in [1.54, 1.807) is 0 Å². The van der Waals surface area contributed by atoms with Crippen molar-refractivity contribution in [3.05, 3.63) is 82.9 Å². The van der Waals surface area contributed by atoms with Crippen molar-refractivity contribution in [3.8, 4) is 0 Å². The fourth-order valence-corrected chi connectivity index (χ4v) is 5.88. The van der Waals surface area contributed by atoms with Crippen LogP contribution in [0.1, 0.15) is 28.7 Å². The molecule has 0 aromatic heterocycles. The maximum atomic E-state index is 13.6. The molecule has 3 N–H and O–H groups in total. The normalized spacial score (nSPS) is 15.0. The van der Waals surface area contributed by atoms with Crippen LogP contribution >= 0.6 is 0 Å². The second kappa shape index (κ2) is 9.96. The second-order valence-electron chi connectivity index (χ2n) is 8.24. The first-order chi connectivity index (χ1) is 15.5. The zero-order chi connectivity index (χ0) is 22.7. The molecule has 32 heavy (non-hydrogen) atoms. The Balaban J connectivity index is 1.60. The molecule has 1 aliphatic heterocycles. The predicted octanol–water partition coefficient (Wildman–Crippen LogP) is 3.95. The number of aliphatic hydroxyl groups excluding tert-OH is 1. The van der Waals surface area contributed by atoms with Crippen molar-refractivity contribution in [2.24, 2.45) is 0 Å². The van der Waals surface area contributed by atoms with Crippen LogP contribution in [-0.2, 0) is 23.8 Å². The Morgan fingerprint density at radius 1 is 1.00 bits per heavy atom. The van der Waals surface area contributed by atoms with E-state index in [9.17, 15) is 14.4 Å². The van der Waals surface area contributed by atoms with E-state index in [0.717, 1.165) is 47.9 Å². The minimum absolute atomic E-state index is 0.0571. The van der Waals surface area contributed by atoms with Gasteiger partial charge in [0.1, 0.15) is 0 Å². The van der Waals surface area contributed by atoms with Gasteiger partial charge in [-0.1, -0.05) is 48.5 Å². The largest absolute Gasteiger partial charge is 0.368 e. The summed E-state index contributed by atoms with van der Waals surface area (Å²) in [6.45, 7) is 6.62. The van der Waals surface area contributed by atoms with E-state index < -0.39 is 17.1 Å². The molecule has 0 fully saturated rings. The van der Waals surface area contributed by atoms with Crippen molar-refractivity contribution in [2.45, 2.75) is 49.3 Å². The van der Waals surface area contributed by atoms with Crippen LogP contribution < -0.4 is 10.2 Å². The summed E-state index contributed by atoms with van der Waals surface area (Å²) in [5, 5.41) is 22.6. The number of fused-ring (bicyclic) bond motifs is 2. The van der Waals surface area contributed by atoms with Crippen molar-refractivity contribution in [1.29, 1.82) is 0 Å². The quantitative estimate of drug-likeness (QED) is 0.358. The zero-order valence-corrected chi connectivity index (χ0v) is 19.4. The highest BCUT2D eigenvalue weighted by atomic mass is 32.2. The first kappa shape index (κ1) is 22.7. The molecule has 0 aliphatic carbocycles. The van der Waals surface area contributed by atoms with E-state index in [-0.39, 0.29) is 6.42 Å². The second-order valence-corrected chi connectivity index (χ2v) is 9.63. The summed E-state index contributed by atoms with van der Waals surface area (Å²) in [4.78, 5) is 3.73. The first-order valence-electron chi connectivity index (χ1n) is 11.0. The van der Waals surface area contributed by atoms with Crippen LogP contribution in [0.5, 0.6) is 0 Å². The third-order valence-electron chi connectivity index (χ3n) is 6.00. The molecule has 3 aromatic rings. The van der Waals surface area contributed by atoms with Gasteiger partial charge >= 0.3 is 0 Å². The van der Waals surface area contributed by atoms with Gasteiger partial charge < -0.3 is 20.4 Å². The smallest absolute Gasteiger partial charge is 0.155 e. The number of benzene rings is 3. The van der Waals surface area contributed by atoms with Gasteiger partial charge in [-0.25, -0.2) is 4.21 Å². The fourth-order valence-electron chi connectivity index (χ4n) is 4.27. The third kappa shape index (κ3) is 4.64. The molecule has 4 rings (SSSR count). The SMILES string of the molecule is Cc1ccc2c(c1C)N(CCCNCc1ccccc1)c1cccc(CC(O)O)c1S2=O. The maximum absolute atomic E-state index is 13.6. The highest BCUT2D eigenvalue weighted by Gasteiger charge is 2.31. The van der Waals surface area contributed by atoms with Crippen molar-refractivity contribution >= 4 is 22.2 Å². The number of aliphatic hydroxyl groups is 2. The van der Waals surface area contributed by atoms with Crippen LogP contribution in [-0.4, -0.2) is 33.8 Å². The zero-order valence-electron chi connectivity index (χ0n) is 18.5. The molecule has 1 atom stereocenters. The van der Waals surface area contributed by atoms with E-state index in [2.05, 4.69) is 36.2 Å². The van der Waals surface area contributed by atoms with Gasteiger partial charge in [-0.3, -0.25) is 0 Å². The summed E-state index contributed by atoms with van der Waals surface area (Å²) >= 11 is 0. The summed E-state index contributed by atoms with van der Waals surface area (Å²) < 4.78 is 13.6. The Bertz CT molecular complexity index is 1120. The van der Waals surface area contributed by atoms with Gasteiger partial charge in [0, 0.05) is 19.5 Å². The van der Waals surface area contributed by atoms with Crippen LogP contribution in [0, 0.1) is 13.8 Å². The van der Waals surface area contributed by atoms with Crippen LogP contribution in [0.3, 0.4) is 0 Å². The summed E-state index contributed by atoms with van der Waals surface area (Å²) in [5.41, 5.74) is 6.18. The average molecular weight is 451 g/mol. The topological polar surface area (TPSA) is 72.8 Å². The molecular weight excluding hydrogens is 420 g/mol. The molecular formula is C26H30N2O3S. The molecule has 5 nitrogen and oxygen atoms in total. The van der Waals surface area contributed by atoms with Gasteiger partial charge in [0.25, 0.3) is 0 Å². The molecule has 168 valence electrons. The van der Waals surface area contributed by atoms with Gasteiger partial charge in [-0.2, -0.15) is 0 Å². The Morgan fingerprint density at radius 3 is 2.53 bits per heavy atom. The van der Waals surface area contributed by atoms with Crippen LogP contribution in [0.25, 0.3) is 0 Å². The standard InChI is InChI=1S/C26H30N2O3S/c1-18-12-13-23-25(19(18)2)28(15-7-14-27-17-20-8-4-3-5-9-20)22-11-6-10-21(16-24(29)30)26(22)32(23)31/h3-6,8-13,24,27,29-30H,7,14-17H2,1-2H3. The molecule has 0 spiro atoms. The lowest BCUT2D eigenvalue weighted by molar-refractivity contribution is -0.0385. The average Bonchev–Trinajstić information content (AvgIpc) is 2.78. The van der Waals surface area contributed by atoms with Gasteiger partial charge in [-0.05, 0) is 61.2 Å². The number of nitrogens with zero attached hydrogens (tertiary/aromatic N) is 1. The first-order valence-corrected chi connectivity index (χ1v) is 12.1. The summed E-state index contributed by atoms with van der Waals surface area (Å²) in [7, 11) is -1.37. The summed E-state index contributed by atoms with van der Waals surface area (Å²) in [6, 6.07) is 20.0. The summed E-state index contributed by atoms with van der Waals surface area (Å²) in [5.74, 6) is 0. The lowest BCUT2D eigenvalue weighted by atomic mass is 10.0. The van der Waals surface area contributed by atoms with Crippen molar-refractivity contribution < 1.29 is 14.4 Å². The predicted molar refractivity (Wildman–Crippen MR) is 129 cm³/mol. The number of aryl methyl sites for hydroxylation is 1. The highest BCUT2D eigenvalue weighted by molar-refractivity contribution is 7.85. The van der Waals surface area contributed by atoms with Crippen LogP contribution in [0.2, 0.25) is 0 Å². The Morgan fingerprint density at radius 2 is 1.78 bits per heavy atom. The number of nitrogens with one attached hydrogen (secondary N) is 1. The Kier molecular flexibility index (Phi) is 7.06. The van der Waals surface area contributed by atoms with E-state index >= 15 is 0 Å². The number of rotatable bonds is 8. The molecule has 3 aromatic carbocycles. The number of anilines is 2. The molecule has 0 bridgehead atoms. The van der Waals surface area contributed by atoms with Gasteiger partial charge in [-0.15, -0.1) is 0 Å². The molecule has 0 saturated carbocycles. The highest BCUT2D eigenvalue weighted by Crippen LogP contribution is 2.45. The molecule has 1 unspecified atom stereocenters. The van der Waals surface area contributed by atoms with Crippen molar-refractivity contribution in [2.75, 3.05) is 18.0 Å². The molecule has 1 heterocycles. The number of hydrogen-bond acceptors (Lipinski definition) is 5. The Hall–Kier alpha value is -2.51. The molecule has 6 heteroatoms. The van der Waals surface area contributed by atoms with Gasteiger partial charge in [0.15, 0.2) is 6.29 Å². The van der Waals surface area contributed by atoms with E-state index in [1.807, 2.05) is 48.5 Å². The molecule has 0 amide bonds.